The van der Waals surface area contributed by atoms with Crippen molar-refractivity contribution >= 4 is 38.7 Å². The Bertz CT molecular complexity index is 883. The van der Waals surface area contributed by atoms with Gasteiger partial charge in [-0.1, -0.05) is 18.2 Å². The second kappa shape index (κ2) is 6.79. The molecule has 0 unspecified atom stereocenters. The summed E-state index contributed by atoms with van der Waals surface area (Å²) < 4.78 is 0.800. The van der Waals surface area contributed by atoms with E-state index in [0.29, 0.717) is 5.56 Å². The first-order valence-corrected chi connectivity index (χ1v) is 8.05. The second-order valence-electron chi connectivity index (χ2n) is 5.29. The maximum Gasteiger partial charge on any atom is 0.183 e. The molecule has 2 aromatic heterocycles. The molecule has 2 heterocycles. The highest BCUT2D eigenvalue weighted by molar-refractivity contribution is 9.10. The molecule has 0 fully saturated rings. The number of aromatic amines is 1. The lowest BCUT2D eigenvalue weighted by Crippen LogP contribution is -2.21. The first-order valence-electron chi connectivity index (χ1n) is 7.25. The molecule has 4 nitrogen and oxygen atoms in total. The number of carbonyl (C=O) groups excluding carboxylic acids is 1. The van der Waals surface area contributed by atoms with Crippen molar-refractivity contribution in [3.63, 3.8) is 0 Å². The highest BCUT2D eigenvalue weighted by atomic mass is 79.9. The van der Waals surface area contributed by atoms with Gasteiger partial charge in [-0.15, -0.1) is 0 Å². The molecule has 116 valence electrons. The van der Waals surface area contributed by atoms with Crippen LogP contribution in [-0.4, -0.2) is 22.3 Å². The van der Waals surface area contributed by atoms with E-state index in [2.05, 4.69) is 37.3 Å². The number of Topliss-reactive ketones (excluding diaryl/α,β-unsaturated/α-hetero) is 1. The Morgan fingerprint density at radius 2 is 2.17 bits per heavy atom. The number of para-hydroxylation sites is 1. The Morgan fingerprint density at radius 1 is 1.35 bits per heavy atom. The van der Waals surface area contributed by atoms with Crippen molar-refractivity contribution in [3.8, 4) is 0 Å². The molecule has 0 aliphatic heterocycles. The summed E-state index contributed by atoms with van der Waals surface area (Å²) in [5.41, 5.74) is 3.72. The maximum absolute atomic E-state index is 12.2. The zero-order valence-corrected chi connectivity index (χ0v) is 14.2. The Balaban J connectivity index is 1.69. The Morgan fingerprint density at radius 3 is 3.00 bits per heavy atom. The van der Waals surface area contributed by atoms with E-state index in [0.717, 1.165) is 26.6 Å². The van der Waals surface area contributed by atoms with Crippen molar-refractivity contribution in [2.75, 3.05) is 6.54 Å². The number of carbonyl (C=O) groups is 1. The van der Waals surface area contributed by atoms with Gasteiger partial charge < -0.3 is 10.3 Å². The van der Waals surface area contributed by atoms with Crippen molar-refractivity contribution < 1.29 is 4.79 Å². The van der Waals surface area contributed by atoms with Crippen LogP contribution in [-0.2, 0) is 0 Å². The lowest BCUT2D eigenvalue weighted by molar-refractivity contribution is 0.0993. The van der Waals surface area contributed by atoms with E-state index in [-0.39, 0.29) is 12.3 Å². The minimum Gasteiger partial charge on any atom is -0.381 e. The number of ketones is 1. The lowest BCUT2D eigenvalue weighted by atomic mass is 10.1. The SMILES string of the molecule is CC(=Cc1c[nH]c2ccccc12)NCC(=O)c1cncc(Br)c1. The van der Waals surface area contributed by atoms with Gasteiger partial charge in [0.05, 0.1) is 6.54 Å². The van der Waals surface area contributed by atoms with E-state index < -0.39 is 0 Å². The third kappa shape index (κ3) is 3.68. The van der Waals surface area contributed by atoms with Crippen LogP contribution in [0.4, 0.5) is 0 Å². The summed E-state index contributed by atoms with van der Waals surface area (Å²) in [5.74, 6) is 0.00507. The smallest absolute Gasteiger partial charge is 0.183 e. The van der Waals surface area contributed by atoms with Gasteiger partial charge in [0.15, 0.2) is 5.78 Å². The summed E-state index contributed by atoms with van der Waals surface area (Å²) in [6, 6.07) is 9.90. The van der Waals surface area contributed by atoms with Crippen molar-refractivity contribution in [2.24, 2.45) is 0 Å². The molecule has 0 radical (unpaired) electrons. The molecule has 0 saturated carbocycles. The van der Waals surface area contributed by atoms with E-state index in [1.54, 1.807) is 18.5 Å². The van der Waals surface area contributed by atoms with Crippen LogP contribution in [0, 0.1) is 0 Å². The predicted octanol–water partition coefficient (Wildman–Crippen LogP) is 4.16. The number of nitrogens with one attached hydrogen (secondary N) is 2. The van der Waals surface area contributed by atoms with Gasteiger partial charge in [-0.2, -0.15) is 0 Å². The summed E-state index contributed by atoms with van der Waals surface area (Å²) in [7, 11) is 0. The third-order valence-corrected chi connectivity index (χ3v) is 3.98. The standard InChI is InChI=1S/C18H16BrN3O/c1-12(6-13-9-22-17-5-3-2-4-16(13)17)21-11-18(23)14-7-15(19)10-20-8-14/h2-10,21-22H,11H2,1H3. The van der Waals surface area contributed by atoms with Crippen LogP contribution < -0.4 is 5.32 Å². The molecule has 3 aromatic rings. The highest BCUT2D eigenvalue weighted by Gasteiger charge is 2.07. The molecule has 0 saturated heterocycles. The lowest BCUT2D eigenvalue weighted by Gasteiger charge is -2.06. The number of H-pyrrole nitrogens is 1. The van der Waals surface area contributed by atoms with Crippen molar-refractivity contribution in [1.29, 1.82) is 0 Å². The van der Waals surface area contributed by atoms with Crippen molar-refractivity contribution in [1.82, 2.24) is 15.3 Å². The number of halogens is 1. The zero-order valence-electron chi connectivity index (χ0n) is 12.6. The van der Waals surface area contributed by atoms with Crippen LogP contribution in [0.25, 0.3) is 17.0 Å². The summed E-state index contributed by atoms with van der Waals surface area (Å²) in [6.45, 7) is 2.19. The number of hydrogen-bond donors (Lipinski definition) is 2. The first kappa shape index (κ1) is 15.5. The molecule has 0 atom stereocenters. The van der Waals surface area contributed by atoms with Gasteiger partial charge in [-0.05, 0) is 41.1 Å². The van der Waals surface area contributed by atoms with E-state index in [9.17, 15) is 4.79 Å². The number of nitrogens with zero attached hydrogens (tertiary/aromatic N) is 1. The monoisotopic (exact) mass is 369 g/mol. The molecule has 3 rings (SSSR count). The Hall–Kier alpha value is -2.40. The fourth-order valence-corrected chi connectivity index (χ4v) is 2.75. The van der Waals surface area contributed by atoms with Crippen LogP contribution in [0.3, 0.4) is 0 Å². The topological polar surface area (TPSA) is 57.8 Å². The number of hydrogen-bond acceptors (Lipinski definition) is 3. The average molecular weight is 370 g/mol. The van der Waals surface area contributed by atoms with E-state index in [1.165, 1.54) is 0 Å². The van der Waals surface area contributed by atoms with Crippen molar-refractivity contribution in [2.45, 2.75) is 6.92 Å². The molecule has 0 aliphatic rings. The van der Waals surface area contributed by atoms with Crippen LogP contribution in [0.5, 0.6) is 0 Å². The Kier molecular flexibility index (Phi) is 4.57. The van der Waals surface area contributed by atoms with E-state index >= 15 is 0 Å². The molecule has 1 aromatic carbocycles. The predicted molar refractivity (Wildman–Crippen MR) is 96.2 cm³/mol. The number of pyridine rings is 1. The Labute approximate surface area is 142 Å². The largest absolute Gasteiger partial charge is 0.381 e. The minimum absolute atomic E-state index is 0.00507. The number of benzene rings is 1. The van der Waals surface area contributed by atoms with Gasteiger partial charge in [0, 0.05) is 50.8 Å². The molecular formula is C18H16BrN3O. The van der Waals surface area contributed by atoms with Gasteiger partial charge in [-0.25, -0.2) is 0 Å². The summed E-state index contributed by atoms with van der Waals surface area (Å²) in [4.78, 5) is 19.4. The van der Waals surface area contributed by atoms with E-state index in [4.69, 9.17) is 0 Å². The molecular weight excluding hydrogens is 354 g/mol. The quantitative estimate of drug-likeness (QED) is 0.663. The molecule has 0 aliphatic carbocycles. The van der Waals surface area contributed by atoms with Crippen molar-refractivity contribution in [3.05, 3.63) is 70.2 Å². The van der Waals surface area contributed by atoms with Crippen LogP contribution in [0.15, 0.2) is 59.1 Å². The molecule has 0 bridgehead atoms. The van der Waals surface area contributed by atoms with Gasteiger partial charge in [0.25, 0.3) is 0 Å². The second-order valence-corrected chi connectivity index (χ2v) is 6.20. The number of rotatable bonds is 5. The number of fused-ring (bicyclic) bond motifs is 1. The van der Waals surface area contributed by atoms with Crippen LogP contribution >= 0.6 is 15.9 Å². The van der Waals surface area contributed by atoms with Crippen LogP contribution in [0.1, 0.15) is 22.8 Å². The third-order valence-electron chi connectivity index (χ3n) is 3.55. The van der Waals surface area contributed by atoms with Gasteiger partial charge in [0.2, 0.25) is 0 Å². The normalized spacial score (nSPS) is 11.7. The highest BCUT2D eigenvalue weighted by Crippen LogP contribution is 2.19. The molecule has 23 heavy (non-hydrogen) atoms. The molecule has 2 N–H and O–H groups in total. The number of allylic oxidation sites excluding steroid dienone is 1. The zero-order chi connectivity index (χ0) is 16.2. The van der Waals surface area contributed by atoms with Gasteiger partial charge >= 0.3 is 0 Å². The first-order chi connectivity index (χ1) is 11.1. The molecule has 5 heteroatoms. The fourth-order valence-electron chi connectivity index (χ4n) is 2.38. The number of aromatic nitrogens is 2. The minimum atomic E-state index is 0.00507. The average Bonchev–Trinajstić information content (AvgIpc) is 2.96. The van der Waals surface area contributed by atoms with E-state index in [1.807, 2.05) is 37.4 Å². The molecule has 0 spiro atoms. The van der Waals surface area contributed by atoms with Gasteiger partial charge in [0.1, 0.15) is 0 Å². The summed E-state index contributed by atoms with van der Waals surface area (Å²) in [5, 5.41) is 4.32. The fraction of sp³-hybridized carbons (Fsp3) is 0.111. The summed E-state index contributed by atoms with van der Waals surface area (Å²) >= 11 is 3.32. The van der Waals surface area contributed by atoms with Gasteiger partial charge in [-0.3, -0.25) is 9.78 Å². The van der Waals surface area contributed by atoms with Crippen LogP contribution in [0.2, 0.25) is 0 Å². The maximum atomic E-state index is 12.2. The molecule has 0 amide bonds. The summed E-state index contributed by atoms with van der Waals surface area (Å²) in [6.07, 6.45) is 7.24.